The highest BCUT2D eigenvalue weighted by atomic mass is 32.3. The lowest BCUT2D eigenvalue weighted by atomic mass is 10.2. The van der Waals surface area contributed by atoms with Crippen LogP contribution < -0.4 is 0 Å². The van der Waals surface area contributed by atoms with Crippen LogP contribution in [0.4, 0.5) is 4.79 Å². The molecule has 1 atom stereocenters. The minimum Gasteiger partial charge on any atom is -0.726 e. The van der Waals surface area contributed by atoms with Crippen molar-refractivity contribution < 1.29 is 23.7 Å². The Morgan fingerprint density at radius 2 is 1.84 bits per heavy atom. The molecule has 1 unspecified atom stereocenters. The lowest BCUT2D eigenvalue weighted by Crippen LogP contribution is -2.48. The Labute approximate surface area is 115 Å². The zero-order valence-corrected chi connectivity index (χ0v) is 12.3. The van der Waals surface area contributed by atoms with Crippen molar-refractivity contribution in [3.8, 4) is 0 Å². The maximum atomic E-state index is 11.9. The third-order valence-corrected chi connectivity index (χ3v) is 2.46. The van der Waals surface area contributed by atoms with Crippen molar-refractivity contribution in [2.45, 2.75) is 39.7 Å². The summed E-state index contributed by atoms with van der Waals surface area (Å²) in [6.45, 7) is 7.92. The molecular weight excluding hydrogens is 272 g/mol. The molecule has 19 heavy (non-hydrogen) atoms. The van der Waals surface area contributed by atoms with Gasteiger partial charge < -0.3 is 14.4 Å². The summed E-state index contributed by atoms with van der Waals surface area (Å²) in [4.78, 5) is 15.6. The Hall–Kier alpha value is -1.12. The van der Waals surface area contributed by atoms with Gasteiger partial charge in [0.15, 0.2) is 0 Å². The van der Waals surface area contributed by atoms with Gasteiger partial charge in [-0.3, -0.25) is 4.55 Å². The maximum Gasteiger partial charge on any atom is 1.00 e. The summed E-state index contributed by atoms with van der Waals surface area (Å²) in [5.41, 5.74) is 0. The van der Waals surface area contributed by atoms with Crippen LogP contribution in [-0.4, -0.2) is 52.5 Å². The van der Waals surface area contributed by atoms with E-state index in [1.54, 1.807) is 4.90 Å². The van der Waals surface area contributed by atoms with Crippen LogP contribution in [0.1, 0.15) is 35.0 Å². The van der Waals surface area contributed by atoms with E-state index in [1.165, 1.54) is 0 Å². The van der Waals surface area contributed by atoms with Crippen molar-refractivity contribution in [2.75, 3.05) is 13.1 Å². The largest absolute Gasteiger partial charge is 1.00 e. The first-order valence-electron chi connectivity index (χ1n) is 6.14. The smallest absolute Gasteiger partial charge is 0.726 e. The van der Waals surface area contributed by atoms with Gasteiger partial charge in [0.2, 0.25) is 10.4 Å². The highest BCUT2D eigenvalue weighted by Crippen LogP contribution is 2.13. The van der Waals surface area contributed by atoms with Crippen LogP contribution in [0.15, 0.2) is 12.3 Å². The van der Waals surface area contributed by atoms with Crippen LogP contribution in [0.5, 0.6) is 0 Å². The van der Waals surface area contributed by atoms with Crippen molar-refractivity contribution in [3.05, 3.63) is 12.3 Å². The van der Waals surface area contributed by atoms with Gasteiger partial charge in [-0.15, -0.1) is 0 Å². The molecular formula is C11H22N2O5S. The quantitative estimate of drug-likeness (QED) is 0.626. The number of nitrogens with zero attached hydrogens (tertiary/aromatic N) is 2. The van der Waals surface area contributed by atoms with Crippen molar-refractivity contribution >= 4 is 16.4 Å². The first-order chi connectivity index (χ1) is 8.70. The van der Waals surface area contributed by atoms with Crippen LogP contribution in [0.25, 0.3) is 0 Å². The lowest BCUT2D eigenvalue weighted by Gasteiger charge is -2.35. The molecule has 0 fully saturated rings. The second-order valence-electron chi connectivity index (χ2n) is 4.18. The molecule has 1 heterocycles. The number of carbonyl (C=O) groups excluding carboxylic acids is 1. The molecule has 0 saturated heterocycles. The average molecular weight is 294 g/mol. The molecule has 8 heteroatoms. The molecule has 1 N–H and O–H groups in total. The Kier molecular flexibility index (Phi) is 7.65. The number of urea groups is 1. The van der Waals surface area contributed by atoms with Gasteiger partial charge in [-0.1, -0.05) is 13.8 Å². The van der Waals surface area contributed by atoms with E-state index in [1.807, 2.05) is 11.1 Å². The van der Waals surface area contributed by atoms with Gasteiger partial charge in [0, 0.05) is 19.3 Å². The molecule has 0 aromatic carbocycles. The molecule has 1 rings (SSSR count). The Balaban J connectivity index is 0. The summed E-state index contributed by atoms with van der Waals surface area (Å²) in [7, 11) is -4.92. The Bertz CT molecular complexity index is 405. The average Bonchev–Trinajstić information content (AvgIpc) is 2.26. The molecule has 7 nitrogen and oxygen atoms in total. The van der Waals surface area contributed by atoms with E-state index >= 15 is 0 Å². The number of carbonyl (C=O) groups is 1. The van der Waals surface area contributed by atoms with E-state index in [0.29, 0.717) is 0 Å². The van der Waals surface area contributed by atoms with Gasteiger partial charge in [-0.2, -0.15) is 0 Å². The third kappa shape index (κ3) is 7.81. The standard InChI is InChI=1S/C11H20N2O.H2O4S/c1-4-7-12-9-6-10(3)13(8-5-2)11(12)14;1-5(2,3)4/h6,9-10H,4-5,7-8H2,1-3H3;(H2,1,2,3,4). The van der Waals surface area contributed by atoms with E-state index in [0.717, 1.165) is 25.9 Å². The molecule has 0 spiro atoms. The number of amides is 2. The summed E-state index contributed by atoms with van der Waals surface area (Å²) in [5.74, 6) is 0. The molecule has 0 aromatic rings. The number of hydrogen-bond donors (Lipinski definition) is 1. The lowest BCUT2D eigenvalue weighted by molar-refractivity contribution is 0.153. The van der Waals surface area contributed by atoms with Gasteiger partial charge >= 0.3 is 7.46 Å². The fourth-order valence-corrected chi connectivity index (χ4v) is 1.69. The first kappa shape index (κ1) is 17.9. The zero-order chi connectivity index (χ0) is 15.1. The van der Waals surface area contributed by atoms with Crippen molar-refractivity contribution in [3.63, 3.8) is 0 Å². The fourth-order valence-electron chi connectivity index (χ4n) is 1.69. The monoisotopic (exact) mass is 294 g/mol. The van der Waals surface area contributed by atoms with Gasteiger partial charge in [0.05, 0.1) is 6.04 Å². The Morgan fingerprint density at radius 3 is 2.26 bits per heavy atom. The number of hydrogen-bond acceptors (Lipinski definition) is 4. The van der Waals surface area contributed by atoms with Crippen LogP contribution in [0, 0.1) is 0 Å². The molecule has 0 aliphatic carbocycles. The Morgan fingerprint density at radius 1 is 1.37 bits per heavy atom. The van der Waals surface area contributed by atoms with E-state index in [9.17, 15) is 4.79 Å². The molecule has 0 radical (unpaired) electrons. The molecule has 0 saturated carbocycles. The van der Waals surface area contributed by atoms with Gasteiger partial charge in [0.1, 0.15) is 0 Å². The fraction of sp³-hybridized carbons (Fsp3) is 0.727. The van der Waals surface area contributed by atoms with Crippen LogP contribution in [-0.2, 0) is 10.4 Å². The first-order valence-corrected chi connectivity index (χ1v) is 7.51. The normalized spacial score (nSPS) is 19.2. The summed E-state index contributed by atoms with van der Waals surface area (Å²) < 4.78 is 32.8. The minimum absolute atomic E-state index is 0. The molecule has 112 valence electrons. The maximum absolute atomic E-state index is 11.9. The molecule has 0 aromatic heterocycles. The summed E-state index contributed by atoms with van der Waals surface area (Å²) in [6, 6.07) is 0.402. The van der Waals surface area contributed by atoms with Gasteiger partial charge in [0.25, 0.3) is 0 Å². The topological polar surface area (TPSA) is 101 Å². The summed E-state index contributed by atoms with van der Waals surface area (Å²) in [6.07, 6.45) is 6.03. The van der Waals surface area contributed by atoms with Crippen molar-refractivity contribution in [2.24, 2.45) is 0 Å². The highest BCUT2D eigenvalue weighted by Gasteiger charge is 2.25. The van der Waals surface area contributed by atoms with E-state index in [4.69, 9.17) is 17.5 Å². The third-order valence-electron chi connectivity index (χ3n) is 2.46. The van der Waals surface area contributed by atoms with Gasteiger partial charge in [-0.25, -0.2) is 13.2 Å². The van der Waals surface area contributed by atoms with E-state index in [2.05, 4.69) is 26.8 Å². The molecule has 1 aliphatic heterocycles. The van der Waals surface area contributed by atoms with Crippen molar-refractivity contribution in [1.29, 1.82) is 0 Å². The van der Waals surface area contributed by atoms with Gasteiger partial charge in [-0.05, 0) is 25.8 Å². The predicted molar refractivity (Wildman–Crippen MR) is 71.4 cm³/mol. The molecule has 1 aliphatic rings. The minimum atomic E-state index is -4.92. The van der Waals surface area contributed by atoms with Crippen LogP contribution >= 0.6 is 0 Å². The summed E-state index contributed by atoms with van der Waals surface area (Å²) >= 11 is 0. The highest BCUT2D eigenvalue weighted by molar-refractivity contribution is 7.79. The van der Waals surface area contributed by atoms with E-state index in [-0.39, 0.29) is 13.5 Å². The second kappa shape index (κ2) is 8.13. The van der Waals surface area contributed by atoms with Crippen LogP contribution in [0.3, 0.4) is 0 Å². The summed E-state index contributed by atoms with van der Waals surface area (Å²) in [5, 5.41) is 0. The molecule has 0 bridgehead atoms. The van der Waals surface area contributed by atoms with E-state index < -0.39 is 10.4 Å². The van der Waals surface area contributed by atoms with Crippen molar-refractivity contribution in [1.82, 2.24) is 9.80 Å². The zero-order valence-electron chi connectivity index (χ0n) is 12.4. The SMILES string of the molecule is CCCN1C=CC(C)N(CCC)C1=O.O=S(=O)([O-])O.[H+]. The second-order valence-corrected chi connectivity index (χ2v) is 5.03. The number of rotatable bonds is 4. The van der Waals surface area contributed by atoms with Crippen LogP contribution in [0.2, 0.25) is 0 Å². The predicted octanol–water partition coefficient (Wildman–Crippen LogP) is 1.56. The molecule has 2 amide bonds.